The van der Waals surface area contributed by atoms with Crippen molar-refractivity contribution in [2.75, 3.05) is 10.6 Å². The van der Waals surface area contributed by atoms with E-state index < -0.39 is 5.25 Å². The molecule has 6 heteroatoms. The van der Waals surface area contributed by atoms with E-state index in [1.807, 2.05) is 42.6 Å². The zero-order valence-corrected chi connectivity index (χ0v) is 13.5. The van der Waals surface area contributed by atoms with Crippen LogP contribution in [-0.4, -0.2) is 22.0 Å². The Morgan fingerprint density at radius 3 is 2.67 bits per heavy atom. The number of hydrogen-bond donors (Lipinski definition) is 2. The molecule has 0 spiro atoms. The number of thioether (sulfide) groups is 1. The number of imide groups is 1. The SMILES string of the molecule is Nc1ccc(SC2CC(=O)N(c3ccc4cc[nH]c4c3)C2=O)cc1. The molecule has 2 heterocycles. The Kier molecular flexibility index (Phi) is 3.54. The molecule has 3 N–H and O–H groups in total. The maximum absolute atomic E-state index is 12.7. The van der Waals surface area contributed by atoms with Gasteiger partial charge in [-0.15, -0.1) is 11.8 Å². The summed E-state index contributed by atoms with van der Waals surface area (Å²) in [6, 6.07) is 14.8. The highest BCUT2D eigenvalue weighted by Gasteiger charge is 2.40. The van der Waals surface area contributed by atoms with Crippen molar-refractivity contribution in [3.8, 4) is 0 Å². The Morgan fingerprint density at radius 1 is 1.08 bits per heavy atom. The summed E-state index contributed by atoms with van der Waals surface area (Å²) >= 11 is 1.40. The van der Waals surface area contributed by atoms with E-state index in [-0.39, 0.29) is 18.2 Å². The number of rotatable bonds is 3. The Morgan fingerprint density at radius 2 is 1.88 bits per heavy atom. The molecule has 0 saturated carbocycles. The standard InChI is InChI=1S/C18H15N3O2S/c19-12-2-5-14(6-3-12)24-16-10-17(22)21(18(16)23)13-4-1-11-7-8-20-15(11)9-13/h1-9,16,20H,10,19H2. The molecule has 1 atom stereocenters. The number of fused-ring (bicyclic) bond motifs is 1. The van der Waals surface area contributed by atoms with Gasteiger partial charge in [0.05, 0.1) is 10.9 Å². The van der Waals surface area contributed by atoms with E-state index in [2.05, 4.69) is 4.98 Å². The number of nitrogens with zero attached hydrogens (tertiary/aromatic N) is 1. The monoisotopic (exact) mass is 337 g/mol. The number of nitrogens with two attached hydrogens (primary N) is 1. The predicted molar refractivity (Wildman–Crippen MR) is 95.9 cm³/mol. The fourth-order valence-corrected chi connectivity index (χ4v) is 3.91. The summed E-state index contributed by atoms with van der Waals surface area (Å²) in [7, 11) is 0. The van der Waals surface area contributed by atoms with Crippen LogP contribution in [0.3, 0.4) is 0 Å². The first-order chi connectivity index (χ1) is 11.6. The highest BCUT2D eigenvalue weighted by Crippen LogP contribution is 2.34. The maximum Gasteiger partial charge on any atom is 0.247 e. The number of anilines is 2. The molecule has 24 heavy (non-hydrogen) atoms. The summed E-state index contributed by atoms with van der Waals surface area (Å²) in [5.41, 5.74) is 7.87. The average Bonchev–Trinajstić information content (AvgIpc) is 3.14. The lowest BCUT2D eigenvalue weighted by Gasteiger charge is -2.15. The first-order valence-electron chi connectivity index (χ1n) is 7.58. The number of aromatic nitrogens is 1. The summed E-state index contributed by atoms with van der Waals surface area (Å²) in [5, 5.41) is 0.645. The number of carbonyl (C=O) groups is 2. The maximum atomic E-state index is 12.7. The molecule has 2 aromatic carbocycles. The number of aromatic amines is 1. The zero-order chi connectivity index (χ0) is 16.7. The van der Waals surface area contributed by atoms with Gasteiger partial charge in [-0.05, 0) is 47.9 Å². The van der Waals surface area contributed by atoms with Gasteiger partial charge in [-0.3, -0.25) is 9.59 Å². The fourth-order valence-electron chi connectivity index (χ4n) is 2.85. The van der Waals surface area contributed by atoms with Crippen molar-refractivity contribution in [2.24, 2.45) is 0 Å². The minimum Gasteiger partial charge on any atom is -0.399 e. The van der Waals surface area contributed by atoms with E-state index >= 15 is 0 Å². The molecule has 1 unspecified atom stereocenters. The van der Waals surface area contributed by atoms with Gasteiger partial charge in [-0.1, -0.05) is 6.07 Å². The van der Waals surface area contributed by atoms with Crippen molar-refractivity contribution in [3.63, 3.8) is 0 Å². The molecule has 0 radical (unpaired) electrons. The zero-order valence-electron chi connectivity index (χ0n) is 12.7. The molecule has 1 saturated heterocycles. The van der Waals surface area contributed by atoms with Crippen molar-refractivity contribution in [1.29, 1.82) is 0 Å². The quantitative estimate of drug-likeness (QED) is 0.568. The number of carbonyl (C=O) groups excluding carboxylic acids is 2. The van der Waals surface area contributed by atoms with E-state index in [4.69, 9.17) is 5.73 Å². The molecule has 1 aliphatic heterocycles. The van der Waals surface area contributed by atoms with Crippen molar-refractivity contribution in [1.82, 2.24) is 4.98 Å². The van der Waals surface area contributed by atoms with Crippen molar-refractivity contribution >= 4 is 45.9 Å². The number of nitrogen functional groups attached to an aromatic ring is 1. The fraction of sp³-hybridized carbons (Fsp3) is 0.111. The van der Waals surface area contributed by atoms with Crippen LogP contribution in [0.25, 0.3) is 10.9 Å². The normalized spacial score (nSPS) is 17.8. The lowest BCUT2D eigenvalue weighted by atomic mass is 10.2. The molecule has 1 aromatic heterocycles. The van der Waals surface area contributed by atoms with E-state index in [0.717, 1.165) is 15.8 Å². The van der Waals surface area contributed by atoms with Crippen molar-refractivity contribution in [2.45, 2.75) is 16.6 Å². The van der Waals surface area contributed by atoms with Gasteiger partial charge in [0, 0.05) is 28.7 Å². The van der Waals surface area contributed by atoms with Gasteiger partial charge >= 0.3 is 0 Å². The van der Waals surface area contributed by atoms with E-state index in [0.29, 0.717) is 11.4 Å². The number of hydrogen-bond acceptors (Lipinski definition) is 4. The minimum atomic E-state index is -0.402. The summed E-state index contributed by atoms with van der Waals surface area (Å²) < 4.78 is 0. The Balaban J connectivity index is 1.59. The van der Waals surface area contributed by atoms with Crippen LogP contribution in [-0.2, 0) is 9.59 Å². The third-order valence-corrected chi connectivity index (χ3v) is 5.26. The summed E-state index contributed by atoms with van der Waals surface area (Å²) in [5.74, 6) is -0.341. The second-order valence-electron chi connectivity index (χ2n) is 5.70. The first kappa shape index (κ1) is 14.8. The third-order valence-electron chi connectivity index (χ3n) is 4.06. The molecule has 3 aromatic rings. The van der Waals surface area contributed by atoms with Crippen LogP contribution in [0.15, 0.2) is 59.6 Å². The molecule has 0 aliphatic carbocycles. The molecule has 5 nitrogen and oxygen atoms in total. The number of amides is 2. The lowest BCUT2D eigenvalue weighted by Crippen LogP contribution is -2.31. The average molecular weight is 337 g/mol. The lowest BCUT2D eigenvalue weighted by molar-refractivity contribution is -0.121. The smallest absolute Gasteiger partial charge is 0.247 e. The Hall–Kier alpha value is -2.73. The number of nitrogens with one attached hydrogen (secondary N) is 1. The molecule has 1 aliphatic rings. The largest absolute Gasteiger partial charge is 0.399 e. The first-order valence-corrected chi connectivity index (χ1v) is 8.46. The van der Waals surface area contributed by atoms with Gasteiger partial charge in [0.25, 0.3) is 0 Å². The topological polar surface area (TPSA) is 79.2 Å². The predicted octanol–water partition coefficient (Wildman–Crippen LogP) is 3.17. The summed E-state index contributed by atoms with van der Waals surface area (Å²) in [6.45, 7) is 0. The highest BCUT2D eigenvalue weighted by molar-refractivity contribution is 8.00. The molecule has 1 fully saturated rings. The second kappa shape index (κ2) is 5.72. The van der Waals surface area contributed by atoms with Gasteiger partial charge in [0.1, 0.15) is 0 Å². The van der Waals surface area contributed by atoms with Crippen LogP contribution in [0.1, 0.15) is 6.42 Å². The molecule has 4 rings (SSSR count). The summed E-state index contributed by atoms with van der Waals surface area (Å²) in [6.07, 6.45) is 2.04. The van der Waals surface area contributed by atoms with Gasteiger partial charge in [-0.25, -0.2) is 4.90 Å². The Labute approximate surface area is 142 Å². The van der Waals surface area contributed by atoms with Gasteiger partial charge in [0.15, 0.2) is 0 Å². The molecule has 120 valence electrons. The molecule has 0 bridgehead atoms. The van der Waals surface area contributed by atoms with Crippen LogP contribution in [0, 0.1) is 0 Å². The summed E-state index contributed by atoms with van der Waals surface area (Å²) in [4.78, 5) is 30.4. The van der Waals surface area contributed by atoms with Crippen molar-refractivity contribution < 1.29 is 9.59 Å². The van der Waals surface area contributed by atoms with Gasteiger partial charge < -0.3 is 10.7 Å². The minimum absolute atomic E-state index is 0.168. The number of H-pyrrole nitrogens is 1. The van der Waals surface area contributed by atoms with Crippen LogP contribution in [0.2, 0.25) is 0 Å². The third kappa shape index (κ3) is 2.55. The van der Waals surface area contributed by atoms with Crippen LogP contribution in [0.5, 0.6) is 0 Å². The van der Waals surface area contributed by atoms with Crippen molar-refractivity contribution in [3.05, 3.63) is 54.7 Å². The molecular formula is C18H15N3O2S. The van der Waals surface area contributed by atoms with Gasteiger partial charge in [0.2, 0.25) is 11.8 Å². The van der Waals surface area contributed by atoms with Crippen LogP contribution < -0.4 is 10.6 Å². The molecular weight excluding hydrogens is 322 g/mol. The second-order valence-corrected chi connectivity index (χ2v) is 6.97. The van der Waals surface area contributed by atoms with Gasteiger partial charge in [-0.2, -0.15) is 0 Å². The molecule has 2 amide bonds. The van der Waals surface area contributed by atoms with Crippen LogP contribution in [0.4, 0.5) is 11.4 Å². The van der Waals surface area contributed by atoms with E-state index in [1.54, 1.807) is 12.1 Å². The highest BCUT2D eigenvalue weighted by atomic mass is 32.2. The van der Waals surface area contributed by atoms with E-state index in [9.17, 15) is 9.59 Å². The number of benzene rings is 2. The van der Waals surface area contributed by atoms with Crippen LogP contribution >= 0.6 is 11.8 Å². The van der Waals surface area contributed by atoms with E-state index in [1.165, 1.54) is 16.7 Å². The Bertz CT molecular complexity index is 933.